The molecule has 0 fully saturated rings. The lowest BCUT2D eigenvalue weighted by atomic mass is 10.1. The van der Waals surface area contributed by atoms with Crippen LogP contribution in [0, 0.1) is 6.92 Å². The van der Waals surface area contributed by atoms with E-state index in [1.165, 1.54) is 18.3 Å². The van der Waals surface area contributed by atoms with Crippen LogP contribution in [0.4, 0.5) is 0 Å². The zero-order valence-electron chi connectivity index (χ0n) is 8.70. The van der Waals surface area contributed by atoms with Gasteiger partial charge in [-0.05, 0) is 19.1 Å². The Hall–Kier alpha value is -1.52. The molecule has 0 bridgehead atoms. The standard InChI is InChI=1S/C11H7Cl2NO3/c1-5-4-14-17-10(5)8-7(12)3-2-6(9(8)13)11(15)16/h2-4H,1H3,(H,15,16). The molecule has 0 saturated carbocycles. The van der Waals surface area contributed by atoms with E-state index < -0.39 is 5.97 Å². The van der Waals surface area contributed by atoms with Crippen LogP contribution in [0.2, 0.25) is 10.0 Å². The number of carboxylic acid groups (broad SMARTS) is 1. The lowest BCUT2D eigenvalue weighted by Crippen LogP contribution is -1.98. The summed E-state index contributed by atoms with van der Waals surface area (Å²) < 4.78 is 5.03. The fourth-order valence-corrected chi connectivity index (χ4v) is 2.08. The van der Waals surface area contributed by atoms with Crippen LogP contribution in [0.1, 0.15) is 15.9 Å². The molecular formula is C11H7Cl2NO3. The summed E-state index contributed by atoms with van der Waals surface area (Å²) in [7, 11) is 0. The summed E-state index contributed by atoms with van der Waals surface area (Å²) in [6.45, 7) is 1.77. The van der Waals surface area contributed by atoms with Crippen LogP contribution >= 0.6 is 23.2 Å². The van der Waals surface area contributed by atoms with Crippen molar-refractivity contribution in [2.75, 3.05) is 0 Å². The number of aromatic nitrogens is 1. The van der Waals surface area contributed by atoms with Gasteiger partial charge in [0.25, 0.3) is 0 Å². The average Bonchev–Trinajstić information content (AvgIpc) is 2.64. The van der Waals surface area contributed by atoms with Gasteiger partial charge in [-0.25, -0.2) is 4.79 Å². The van der Waals surface area contributed by atoms with Crippen LogP contribution in [-0.4, -0.2) is 16.2 Å². The van der Waals surface area contributed by atoms with Crippen LogP contribution in [0.5, 0.6) is 0 Å². The summed E-state index contributed by atoms with van der Waals surface area (Å²) in [5.74, 6) is -0.742. The van der Waals surface area contributed by atoms with Gasteiger partial charge >= 0.3 is 5.97 Å². The minimum absolute atomic E-state index is 0.0260. The number of rotatable bonds is 2. The van der Waals surface area contributed by atoms with Gasteiger partial charge in [0.1, 0.15) is 0 Å². The number of nitrogens with zero attached hydrogens (tertiary/aromatic N) is 1. The predicted molar refractivity (Wildman–Crippen MR) is 63.7 cm³/mol. The molecule has 0 aliphatic carbocycles. The maximum Gasteiger partial charge on any atom is 0.337 e. The number of aryl methyl sites for hydroxylation is 1. The van der Waals surface area contributed by atoms with Crippen molar-refractivity contribution >= 4 is 29.2 Å². The van der Waals surface area contributed by atoms with Crippen LogP contribution in [0.25, 0.3) is 11.3 Å². The second-order valence-corrected chi connectivity index (χ2v) is 4.21. The Kier molecular flexibility index (Phi) is 3.09. The van der Waals surface area contributed by atoms with E-state index in [4.69, 9.17) is 32.8 Å². The van der Waals surface area contributed by atoms with Crippen molar-refractivity contribution in [1.82, 2.24) is 5.16 Å². The third-order valence-corrected chi connectivity index (χ3v) is 3.00. The van der Waals surface area contributed by atoms with Gasteiger partial charge in [0.05, 0.1) is 27.4 Å². The van der Waals surface area contributed by atoms with Gasteiger partial charge < -0.3 is 9.63 Å². The average molecular weight is 272 g/mol. The van der Waals surface area contributed by atoms with E-state index in [0.29, 0.717) is 16.3 Å². The molecule has 6 heteroatoms. The summed E-state index contributed by atoms with van der Waals surface area (Å²) in [4.78, 5) is 11.0. The molecule has 0 radical (unpaired) electrons. The van der Waals surface area contributed by atoms with Crippen molar-refractivity contribution in [2.24, 2.45) is 0 Å². The fourth-order valence-electron chi connectivity index (χ4n) is 1.46. The molecule has 0 saturated heterocycles. The molecule has 4 nitrogen and oxygen atoms in total. The number of hydrogen-bond acceptors (Lipinski definition) is 3. The zero-order valence-corrected chi connectivity index (χ0v) is 10.2. The second-order valence-electron chi connectivity index (χ2n) is 3.43. The fraction of sp³-hybridized carbons (Fsp3) is 0.0909. The molecule has 0 amide bonds. The smallest absolute Gasteiger partial charge is 0.337 e. The van der Waals surface area contributed by atoms with Crippen LogP contribution in [0.3, 0.4) is 0 Å². The molecule has 1 heterocycles. The van der Waals surface area contributed by atoms with Gasteiger partial charge in [0, 0.05) is 5.56 Å². The molecule has 0 spiro atoms. The highest BCUT2D eigenvalue weighted by Crippen LogP contribution is 2.38. The van der Waals surface area contributed by atoms with Crippen LogP contribution < -0.4 is 0 Å². The topological polar surface area (TPSA) is 63.3 Å². The van der Waals surface area contributed by atoms with E-state index in [0.717, 1.165) is 5.56 Å². The predicted octanol–water partition coefficient (Wildman–Crippen LogP) is 3.66. The van der Waals surface area contributed by atoms with Gasteiger partial charge in [-0.2, -0.15) is 0 Å². The van der Waals surface area contributed by atoms with Gasteiger partial charge in [0.15, 0.2) is 5.76 Å². The van der Waals surface area contributed by atoms with E-state index in [9.17, 15) is 4.79 Å². The van der Waals surface area contributed by atoms with Crippen LogP contribution in [0.15, 0.2) is 22.9 Å². The number of carboxylic acids is 1. The first-order chi connectivity index (χ1) is 8.02. The Labute approximate surface area is 107 Å². The molecule has 1 aromatic carbocycles. The van der Waals surface area contributed by atoms with Crippen LogP contribution in [-0.2, 0) is 0 Å². The van der Waals surface area contributed by atoms with Gasteiger partial charge in [-0.3, -0.25) is 0 Å². The zero-order chi connectivity index (χ0) is 12.6. The molecule has 2 aromatic rings. The van der Waals surface area contributed by atoms with E-state index in [1.807, 2.05) is 0 Å². The molecule has 17 heavy (non-hydrogen) atoms. The lowest BCUT2D eigenvalue weighted by molar-refractivity contribution is 0.0697. The summed E-state index contributed by atoms with van der Waals surface area (Å²) >= 11 is 12.0. The van der Waals surface area contributed by atoms with E-state index in [1.54, 1.807) is 6.92 Å². The first-order valence-corrected chi connectivity index (χ1v) is 5.41. The van der Waals surface area contributed by atoms with Crippen molar-refractivity contribution in [2.45, 2.75) is 6.92 Å². The third-order valence-electron chi connectivity index (χ3n) is 2.30. The highest BCUT2D eigenvalue weighted by molar-refractivity contribution is 6.40. The Morgan fingerprint density at radius 1 is 1.41 bits per heavy atom. The lowest BCUT2D eigenvalue weighted by Gasteiger charge is -2.07. The van der Waals surface area contributed by atoms with E-state index >= 15 is 0 Å². The number of halogens is 2. The van der Waals surface area contributed by atoms with Crippen molar-refractivity contribution in [3.8, 4) is 11.3 Å². The quantitative estimate of drug-likeness (QED) is 0.906. The van der Waals surface area contributed by atoms with Crippen molar-refractivity contribution < 1.29 is 14.4 Å². The summed E-state index contributed by atoms with van der Waals surface area (Å²) in [6.07, 6.45) is 1.51. The molecular weight excluding hydrogens is 265 g/mol. The molecule has 0 aliphatic heterocycles. The number of hydrogen-bond donors (Lipinski definition) is 1. The number of benzene rings is 1. The maximum absolute atomic E-state index is 11.0. The highest BCUT2D eigenvalue weighted by Gasteiger charge is 2.20. The number of aromatic carboxylic acids is 1. The number of carbonyl (C=O) groups is 1. The van der Waals surface area contributed by atoms with Gasteiger partial charge in [-0.15, -0.1) is 0 Å². The van der Waals surface area contributed by atoms with Crippen molar-refractivity contribution in [3.63, 3.8) is 0 Å². The Balaban J connectivity index is 2.73. The second kappa shape index (κ2) is 4.39. The molecule has 0 atom stereocenters. The summed E-state index contributed by atoms with van der Waals surface area (Å²) in [5, 5.41) is 13.0. The molecule has 2 rings (SSSR count). The monoisotopic (exact) mass is 271 g/mol. The first-order valence-electron chi connectivity index (χ1n) is 4.65. The minimum atomic E-state index is -1.12. The van der Waals surface area contributed by atoms with Gasteiger partial charge in [0.2, 0.25) is 0 Å². The van der Waals surface area contributed by atoms with Crippen molar-refractivity contribution in [1.29, 1.82) is 0 Å². The molecule has 88 valence electrons. The van der Waals surface area contributed by atoms with Gasteiger partial charge in [-0.1, -0.05) is 28.4 Å². The largest absolute Gasteiger partial charge is 0.478 e. The normalized spacial score (nSPS) is 10.5. The Bertz CT molecular complexity index is 592. The van der Waals surface area contributed by atoms with E-state index in [2.05, 4.69) is 5.16 Å². The SMILES string of the molecule is Cc1cnoc1-c1c(Cl)ccc(C(=O)O)c1Cl. The molecule has 1 N–H and O–H groups in total. The first kappa shape index (κ1) is 12.0. The molecule has 0 aliphatic rings. The Morgan fingerprint density at radius 2 is 2.12 bits per heavy atom. The van der Waals surface area contributed by atoms with E-state index in [-0.39, 0.29) is 10.6 Å². The summed E-state index contributed by atoms with van der Waals surface area (Å²) in [5.41, 5.74) is 1.06. The molecule has 1 aromatic heterocycles. The van der Waals surface area contributed by atoms with Crippen molar-refractivity contribution in [3.05, 3.63) is 39.5 Å². The molecule has 0 unspecified atom stereocenters. The summed E-state index contributed by atoms with van der Waals surface area (Å²) in [6, 6.07) is 2.82. The third kappa shape index (κ3) is 2.01. The Morgan fingerprint density at radius 3 is 2.65 bits per heavy atom. The maximum atomic E-state index is 11.0. The minimum Gasteiger partial charge on any atom is -0.478 e. The highest BCUT2D eigenvalue weighted by atomic mass is 35.5.